The van der Waals surface area contributed by atoms with Gasteiger partial charge in [0.1, 0.15) is 0 Å². The number of likely N-dealkylation sites (N-methyl/N-ethyl adjacent to an activating group) is 1. The molecule has 0 bridgehead atoms. The number of carbonyl (C=O) groups is 3. The van der Waals surface area contributed by atoms with Gasteiger partial charge in [0, 0.05) is 6.04 Å². The molecule has 2 amide bonds. The van der Waals surface area contributed by atoms with Crippen molar-refractivity contribution in [3.8, 4) is 0 Å². The maximum Gasteiger partial charge on any atom is 0.317 e. The molecule has 1 aliphatic heterocycles. The predicted octanol–water partition coefficient (Wildman–Crippen LogP) is 0.463. The summed E-state index contributed by atoms with van der Waals surface area (Å²) in [5.74, 6) is -1.33. The van der Waals surface area contributed by atoms with Crippen molar-refractivity contribution in [2.24, 2.45) is 0 Å². The Morgan fingerprint density at radius 2 is 2.00 bits per heavy atom. The van der Waals surface area contributed by atoms with Crippen molar-refractivity contribution < 1.29 is 19.5 Å². The van der Waals surface area contributed by atoms with Crippen LogP contribution in [-0.4, -0.2) is 57.9 Å². The van der Waals surface area contributed by atoms with E-state index in [4.69, 9.17) is 5.11 Å². The van der Waals surface area contributed by atoms with Crippen LogP contribution in [0.1, 0.15) is 39.0 Å². The number of nitrogens with zero attached hydrogens (tertiary/aromatic N) is 2. The lowest BCUT2D eigenvalue weighted by Gasteiger charge is -2.26. The molecule has 1 saturated carbocycles. The van der Waals surface area contributed by atoms with E-state index in [0.29, 0.717) is 6.54 Å². The summed E-state index contributed by atoms with van der Waals surface area (Å²) in [4.78, 5) is 38.1. The Labute approximate surface area is 112 Å². The minimum atomic E-state index is -0.971. The summed E-state index contributed by atoms with van der Waals surface area (Å²) in [6.07, 6.45) is 4.00. The Morgan fingerprint density at radius 3 is 2.53 bits per heavy atom. The summed E-state index contributed by atoms with van der Waals surface area (Å²) in [6.45, 7) is 2.06. The van der Waals surface area contributed by atoms with Gasteiger partial charge in [-0.15, -0.1) is 0 Å². The zero-order chi connectivity index (χ0) is 14.0. The fraction of sp³-hybridized carbons (Fsp3) is 0.769. The molecule has 0 aromatic carbocycles. The van der Waals surface area contributed by atoms with Crippen molar-refractivity contribution in [1.29, 1.82) is 0 Å². The summed E-state index contributed by atoms with van der Waals surface area (Å²) in [5, 5.41) is 8.85. The molecule has 2 rings (SSSR count). The number of amides is 2. The Kier molecular flexibility index (Phi) is 4.19. The van der Waals surface area contributed by atoms with Crippen molar-refractivity contribution in [2.75, 3.05) is 13.1 Å². The number of carboxylic acids is 1. The molecule has 106 valence electrons. The monoisotopic (exact) mass is 268 g/mol. The van der Waals surface area contributed by atoms with Gasteiger partial charge in [-0.05, 0) is 19.4 Å². The minimum Gasteiger partial charge on any atom is -0.480 e. The molecular formula is C13H20N2O4. The van der Waals surface area contributed by atoms with Gasteiger partial charge in [-0.1, -0.05) is 19.8 Å². The topological polar surface area (TPSA) is 77.9 Å². The SMILES string of the molecule is CCN(CC(=O)O)C1CC(=O)N(C2CCCC2)C1=O. The lowest BCUT2D eigenvalue weighted by atomic mass is 10.2. The first-order valence-corrected chi connectivity index (χ1v) is 6.86. The number of carboxylic acid groups (broad SMARTS) is 1. The molecule has 2 aliphatic rings. The van der Waals surface area contributed by atoms with Crippen molar-refractivity contribution in [1.82, 2.24) is 9.80 Å². The zero-order valence-electron chi connectivity index (χ0n) is 11.2. The molecule has 6 nitrogen and oxygen atoms in total. The summed E-state index contributed by atoms with van der Waals surface area (Å²) < 4.78 is 0. The number of imide groups is 1. The Hall–Kier alpha value is -1.43. The van der Waals surface area contributed by atoms with E-state index >= 15 is 0 Å². The molecule has 1 saturated heterocycles. The van der Waals surface area contributed by atoms with E-state index in [1.54, 1.807) is 11.8 Å². The van der Waals surface area contributed by atoms with E-state index in [0.717, 1.165) is 25.7 Å². The molecular weight excluding hydrogens is 248 g/mol. The van der Waals surface area contributed by atoms with Crippen LogP contribution in [0.4, 0.5) is 0 Å². The number of hydrogen-bond acceptors (Lipinski definition) is 4. The largest absolute Gasteiger partial charge is 0.480 e. The van der Waals surface area contributed by atoms with Crippen molar-refractivity contribution >= 4 is 17.8 Å². The fourth-order valence-electron chi connectivity index (χ4n) is 3.08. The van der Waals surface area contributed by atoms with Crippen LogP contribution in [0.15, 0.2) is 0 Å². The Morgan fingerprint density at radius 1 is 1.37 bits per heavy atom. The van der Waals surface area contributed by atoms with Gasteiger partial charge in [0.2, 0.25) is 11.8 Å². The van der Waals surface area contributed by atoms with E-state index < -0.39 is 12.0 Å². The van der Waals surface area contributed by atoms with Crippen LogP contribution in [-0.2, 0) is 14.4 Å². The van der Waals surface area contributed by atoms with Gasteiger partial charge in [-0.25, -0.2) is 0 Å². The number of rotatable bonds is 5. The van der Waals surface area contributed by atoms with Crippen molar-refractivity contribution in [2.45, 2.75) is 51.1 Å². The molecule has 1 unspecified atom stereocenters. The molecule has 0 aromatic rings. The molecule has 6 heteroatoms. The van der Waals surface area contributed by atoms with Crippen LogP contribution < -0.4 is 0 Å². The third-order valence-corrected chi connectivity index (χ3v) is 4.03. The average Bonchev–Trinajstić information content (AvgIpc) is 2.94. The second-order valence-corrected chi connectivity index (χ2v) is 5.22. The van der Waals surface area contributed by atoms with E-state index in [2.05, 4.69) is 0 Å². The first-order valence-electron chi connectivity index (χ1n) is 6.86. The number of carbonyl (C=O) groups excluding carboxylic acids is 2. The van der Waals surface area contributed by atoms with E-state index in [1.165, 1.54) is 4.90 Å². The van der Waals surface area contributed by atoms with Gasteiger partial charge in [0.25, 0.3) is 0 Å². The van der Waals surface area contributed by atoms with Gasteiger partial charge in [0.15, 0.2) is 0 Å². The first kappa shape index (κ1) is 14.0. The Balaban J connectivity index is 2.09. The third-order valence-electron chi connectivity index (χ3n) is 4.03. The molecule has 0 spiro atoms. The smallest absolute Gasteiger partial charge is 0.317 e. The lowest BCUT2D eigenvalue weighted by molar-refractivity contribution is -0.143. The summed E-state index contributed by atoms with van der Waals surface area (Å²) in [7, 11) is 0. The first-order chi connectivity index (χ1) is 9.04. The normalized spacial score (nSPS) is 24.7. The second-order valence-electron chi connectivity index (χ2n) is 5.22. The highest BCUT2D eigenvalue weighted by Crippen LogP contribution is 2.29. The highest BCUT2D eigenvalue weighted by Gasteiger charge is 2.45. The van der Waals surface area contributed by atoms with Gasteiger partial charge >= 0.3 is 5.97 Å². The van der Waals surface area contributed by atoms with Crippen molar-refractivity contribution in [3.63, 3.8) is 0 Å². The standard InChI is InChI=1S/C13H20N2O4/c1-2-14(8-12(17)18)10-7-11(16)15(13(10)19)9-5-3-4-6-9/h9-10H,2-8H2,1H3,(H,17,18). The van der Waals surface area contributed by atoms with Gasteiger partial charge < -0.3 is 5.11 Å². The average molecular weight is 268 g/mol. The minimum absolute atomic E-state index is 0.0357. The van der Waals surface area contributed by atoms with Crippen LogP contribution in [0, 0.1) is 0 Å². The summed E-state index contributed by atoms with van der Waals surface area (Å²) in [5.41, 5.74) is 0. The summed E-state index contributed by atoms with van der Waals surface area (Å²) >= 11 is 0. The molecule has 1 aliphatic carbocycles. The number of aliphatic carboxylic acids is 1. The van der Waals surface area contributed by atoms with Gasteiger partial charge in [0.05, 0.1) is 19.0 Å². The second kappa shape index (κ2) is 5.69. The number of hydrogen-bond donors (Lipinski definition) is 1. The predicted molar refractivity (Wildman–Crippen MR) is 67.4 cm³/mol. The highest BCUT2D eigenvalue weighted by atomic mass is 16.4. The fourth-order valence-corrected chi connectivity index (χ4v) is 3.08. The molecule has 1 heterocycles. The molecule has 0 aromatic heterocycles. The molecule has 2 fully saturated rings. The van der Waals surface area contributed by atoms with Crippen molar-refractivity contribution in [3.05, 3.63) is 0 Å². The lowest BCUT2D eigenvalue weighted by Crippen LogP contribution is -2.46. The molecule has 0 radical (unpaired) electrons. The van der Waals surface area contributed by atoms with E-state index in [1.807, 2.05) is 0 Å². The van der Waals surface area contributed by atoms with Crippen LogP contribution in [0.5, 0.6) is 0 Å². The highest BCUT2D eigenvalue weighted by molar-refractivity contribution is 6.06. The van der Waals surface area contributed by atoms with Gasteiger partial charge in [-0.2, -0.15) is 0 Å². The maximum atomic E-state index is 12.4. The quantitative estimate of drug-likeness (QED) is 0.733. The zero-order valence-corrected chi connectivity index (χ0v) is 11.2. The Bertz CT molecular complexity index is 390. The van der Waals surface area contributed by atoms with Crippen LogP contribution in [0.2, 0.25) is 0 Å². The molecule has 1 atom stereocenters. The van der Waals surface area contributed by atoms with Crippen LogP contribution >= 0.6 is 0 Å². The maximum absolute atomic E-state index is 12.4. The van der Waals surface area contributed by atoms with Crippen LogP contribution in [0.25, 0.3) is 0 Å². The van der Waals surface area contributed by atoms with E-state index in [9.17, 15) is 14.4 Å². The number of likely N-dealkylation sites (tertiary alicyclic amines) is 1. The van der Waals surface area contributed by atoms with Crippen LogP contribution in [0.3, 0.4) is 0 Å². The van der Waals surface area contributed by atoms with Gasteiger partial charge in [-0.3, -0.25) is 24.2 Å². The summed E-state index contributed by atoms with van der Waals surface area (Å²) in [6, 6.07) is -0.553. The molecule has 19 heavy (non-hydrogen) atoms. The van der Waals surface area contributed by atoms with E-state index in [-0.39, 0.29) is 30.8 Å². The molecule has 1 N–H and O–H groups in total. The third kappa shape index (κ3) is 2.78.